The lowest BCUT2D eigenvalue weighted by Gasteiger charge is -2.14. The molecule has 186 valence electrons. The molecule has 6 heteroatoms. The van der Waals surface area contributed by atoms with Crippen molar-refractivity contribution >= 4 is 34.6 Å². The van der Waals surface area contributed by atoms with Gasteiger partial charge in [-0.25, -0.2) is 0 Å². The quantitative estimate of drug-likeness (QED) is 0.408. The number of anilines is 1. The van der Waals surface area contributed by atoms with Gasteiger partial charge in [-0.1, -0.05) is 74.0 Å². The van der Waals surface area contributed by atoms with Crippen LogP contribution in [0.4, 0.5) is 5.69 Å². The average molecular weight is 508 g/mol. The Morgan fingerprint density at radius 3 is 2.27 bits per heavy atom. The van der Waals surface area contributed by atoms with Crippen LogP contribution in [0.25, 0.3) is 17.3 Å². The van der Waals surface area contributed by atoms with E-state index in [2.05, 4.69) is 17.5 Å². The fourth-order valence-electron chi connectivity index (χ4n) is 4.37. The van der Waals surface area contributed by atoms with Crippen molar-refractivity contribution in [3.05, 3.63) is 114 Å². The molecule has 3 aromatic carbocycles. The number of rotatable bonds is 6. The van der Waals surface area contributed by atoms with E-state index in [4.69, 9.17) is 0 Å². The van der Waals surface area contributed by atoms with Crippen molar-refractivity contribution in [2.45, 2.75) is 40.5 Å². The molecule has 1 amide bonds. The summed E-state index contributed by atoms with van der Waals surface area (Å²) in [6.07, 6.45) is 3.32. The van der Waals surface area contributed by atoms with Crippen LogP contribution >= 0.6 is 11.3 Å². The maximum Gasteiger partial charge on any atom is 0.273 e. The summed E-state index contributed by atoms with van der Waals surface area (Å²) in [6.45, 7) is 8.08. The fraction of sp³-hybridized carbons (Fsp3) is 0.194. The smallest absolute Gasteiger partial charge is 0.273 e. The van der Waals surface area contributed by atoms with E-state index in [1.54, 1.807) is 12.1 Å². The highest BCUT2D eigenvalue weighted by Gasteiger charge is 2.19. The second-order valence-electron chi connectivity index (χ2n) is 8.85. The minimum atomic E-state index is -0.526. The summed E-state index contributed by atoms with van der Waals surface area (Å²) in [5, 5.41) is 13.1. The van der Waals surface area contributed by atoms with E-state index in [9.17, 15) is 14.9 Å². The monoisotopic (exact) mass is 507 g/mol. The minimum absolute atomic E-state index is 0.0980. The Bertz CT molecular complexity index is 1670. The molecular formula is C31H29N3O2S. The molecular weight excluding hydrogens is 478 g/mol. The summed E-state index contributed by atoms with van der Waals surface area (Å²) in [5.41, 5.74) is 6.07. The molecule has 4 rings (SSSR count). The molecule has 0 aliphatic rings. The molecule has 0 saturated heterocycles. The Morgan fingerprint density at radius 1 is 1.00 bits per heavy atom. The number of carbonyl (C=O) groups is 1. The number of hydrogen-bond donors (Lipinski definition) is 1. The van der Waals surface area contributed by atoms with Crippen molar-refractivity contribution in [1.82, 2.24) is 4.57 Å². The number of nitrogens with one attached hydrogen (secondary N) is 1. The fourth-order valence-corrected chi connectivity index (χ4v) is 5.46. The zero-order valence-electron chi connectivity index (χ0n) is 21.5. The van der Waals surface area contributed by atoms with Crippen LogP contribution in [0.3, 0.4) is 0 Å². The summed E-state index contributed by atoms with van der Waals surface area (Å²) >= 11 is 1.15. The summed E-state index contributed by atoms with van der Waals surface area (Å²) in [5.74, 6) is -0.526. The Labute approximate surface area is 220 Å². The van der Waals surface area contributed by atoms with Gasteiger partial charge in [0.05, 0.1) is 10.2 Å². The first kappa shape index (κ1) is 25.9. The molecule has 0 aliphatic heterocycles. The van der Waals surface area contributed by atoms with E-state index in [1.807, 2.05) is 82.3 Å². The number of aryl methyl sites for hydroxylation is 4. The first-order valence-corrected chi connectivity index (χ1v) is 13.1. The number of nitrogens with zero attached hydrogens (tertiary/aromatic N) is 2. The van der Waals surface area contributed by atoms with Crippen LogP contribution in [-0.2, 0) is 17.6 Å². The van der Waals surface area contributed by atoms with Gasteiger partial charge in [0.2, 0.25) is 0 Å². The van der Waals surface area contributed by atoms with Crippen molar-refractivity contribution in [2.24, 2.45) is 0 Å². The molecule has 0 atom stereocenters. The molecule has 5 nitrogen and oxygen atoms in total. The van der Waals surface area contributed by atoms with Gasteiger partial charge in [-0.15, -0.1) is 11.3 Å². The molecule has 1 aromatic heterocycles. The van der Waals surface area contributed by atoms with Crippen LogP contribution in [0.5, 0.6) is 0 Å². The normalized spacial score (nSPS) is 12.2. The van der Waals surface area contributed by atoms with Crippen LogP contribution in [0.1, 0.15) is 41.7 Å². The van der Waals surface area contributed by atoms with Crippen LogP contribution in [0.2, 0.25) is 0 Å². The lowest BCUT2D eigenvalue weighted by Crippen LogP contribution is -2.32. The highest BCUT2D eigenvalue weighted by Crippen LogP contribution is 2.23. The van der Waals surface area contributed by atoms with E-state index >= 15 is 0 Å². The third-order valence-electron chi connectivity index (χ3n) is 6.34. The molecule has 0 fully saturated rings. The van der Waals surface area contributed by atoms with Gasteiger partial charge in [0.1, 0.15) is 10.7 Å². The third-order valence-corrected chi connectivity index (χ3v) is 7.43. The number of amides is 1. The molecule has 0 aliphatic carbocycles. The first-order valence-electron chi connectivity index (χ1n) is 12.3. The van der Waals surface area contributed by atoms with E-state index in [0.29, 0.717) is 14.9 Å². The van der Waals surface area contributed by atoms with Crippen molar-refractivity contribution in [1.29, 1.82) is 5.26 Å². The summed E-state index contributed by atoms with van der Waals surface area (Å²) in [6, 6.07) is 23.2. The predicted octanol–water partition coefficient (Wildman–Crippen LogP) is 4.78. The van der Waals surface area contributed by atoms with Crippen LogP contribution < -0.4 is 20.1 Å². The second-order valence-corrected chi connectivity index (χ2v) is 9.88. The summed E-state index contributed by atoms with van der Waals surface area (Å²) < 4.78 is 2.22. The standard InChI is InChI=1S/C31H29N3O2S/c1-5-22-11-10-12-23(6-2)28(22)33-29(35)26(19-32)31-34(25-13-8-7-9-14-25)30(36)27(37-31)18-24-16-15-20(3)17-21(24)4/h7-18H,5-6H2,1-4H3,(H,33,35)/b27-18-,31-26-. The van der Waals surface area contributed by atoms with Gasteiger partial charge in [0.15, 0.2) is 5.57 Å². The molecule has 4 aromatic rings. The molecule has 0 saturated carbocycles. The Morgan fingerprint density at radius 2 is 1.68 bits per heavy atom. The maximum absolute atomic E-state index is 13.7. The Balaban J connectivity index is 1.97. The van der Waals surface area contributed by atoms with E-state index in [-0.39, 0.29) is 11.1 Å². The predicted molar refractivity (Wildman–Crippen MR) is 151 cm³/mol. The summed E-state index contributed by atoms with van der Waals surface area (Å²) in [7, 11) is 0. The lowest BCUT2D eigenvalue weighted by molar-refractivity contribution is -0.111. The largest absolute Gasteiger partial charge is 0.321 e. The van der Waals surface area contributed by atoms with Crippen molar-refractivity contribution in [3.63, 3.8) is 0 Å². The second kappa shape index (κ2) is 11.2. The Hall–Kier alpha value is -4.21. The van der Waals surface area contributed by atoms with E-state index in [0.717, 1.165) is 57.7 Å². The number of para-hydroxylation sites is 2. The van der Waals surface area contributed by atoms with Gasteiger partial charge in [-0.3, -0.25) is 14.2 Å². The van der Waals surface area contributed by atoms with Gasteiger partial charge in [-0.2, -0.15) is 5.26 Å². The number of benzene rings is 3. The molecule has 0 bridgehead atoms. The zero-order valence-corrected chi connectivity index (χ0v) is 22.3. The zero-order chi connectivity index (χ0) is 26.5. The number of carbonyl (C=O) groups excluding carboxylic acids is 1. The molecule has 0 radical (unpaired) electrons. The van der Waals surface area contributed by atoms with Crippen LogP contribution in [0.15, 0.2) is 71.5 Å². The number of hydrogen-bond acceptors (Lipinski definition) is 4. The topological polar surface area (TPSA) is 74.9 Å². The van der Waals surface area contributed by atoms with Crippen molar-refractivity contribution in [3.8, 4) is 11.8 Å². The van der Waals surface area contributed by atoms with Gasteiger partial charge in [-0.05, 0) is 67.2 Å². The molecule has 0 unspecified atom stereocenters. The van der Waals surface area contributed by atoms with Crippen LogP contribution in [-0.4, -0.2) is 10.5 Å². The highest BCUT2D eigenvalue weighted by atomic mass is 32.1. The molecule has 1 N–H and O–H groups in total. The number of thiazole rings is 1. The number of nitriles is 1. The van der Waals surface area contributed by atoms with Gasteiger partial charge in [0.25, 0.3) is 11.5 Å². The first-order chi connectivity index (χ1) is 17.9. The van der Waals surface area contributed by atoms with E-state index < -0.39 is 5.91 Å². The maximum atomic E-state index is 13.7. The van der Waals surface area contributed by atoms with Gasteiger partial charge >= 0.3 is 0 Å². The van der Waals surface area contributed by atoms with E-state index in [1.165, 1.54) is 4.57 Å². The average Bonchev–Trinajstić information content (AvgIpc) is 3.21. The number of aromatic nitrogens is 1. The highest BCUT2D eigenvalue weighted by molar-refractivity contribution is 7.07. The minimum Gasteiger partial charge on any atom is -0.321 e. The molecule has 0 spiro atoms. The Kier molecular flexibility index (Phi) is 7.86. The molecule has 1 heterocycles. The van der Waals surface area contributed by atoms with Crippen LogP contribution in [0, 0.1) is 25.2 Å². The molecule has 37 heavy (non-hydrogen) atoms. The lowest BCUT2D eigenvalue weighted by atomic mass is 10.0. The third kappa shape index (κ3) is 5.32. The summed E-state index contributed by atoms with van der Waals surface area (Å²) in [4.78, 5) is 27.2. The van der Waals surface area contributed by atoms with Gasteiger partial charge < -0.3 is 5.32 Å². The van der Waals surface area contributed by atoms with Crippen molar-refractivity contribution in [2.75, 3.05) is 5.32 Å². The van der Waals surface area contributed by atoms with Crippen molar-refractivity contribution < 1.29 is 4.79 Å². The van der Waals surface area contributed by atoms with Gasteiger partial charge in [0, 0.05) is 5.69 Å². The SMILES string of the molecule is CCc1cccc(CC)c1NC(=O)/C(C#N)=c1\s/c(=C\c2ccc(C)cc2C)c(=O)n1-c1ccccc1.